The Balaban J connectivity index is 1.20. The second-order valence-corrected chi connectivity index (χ2v) is 12.1. The zero-order chi connectivity index (χ0) is 32.3. The summed E-state index contributed by atoms with van der Waals surface area (Å²) in [4.78, 5) is 44.3. The maximum absolute atomic E-state index is 13.4. The lowest BCUT2D eigenvalue weighted by Crippen LogP contribution is -2.30. The molecule has 1 aromatic heterocycles. The van der Waals surface area contributed by atoms with Gasteiger partial charge in [0.05, 0.1) is 18.1 Å². The first-order valence-corrected chi connectivity index (χ1v) is 16.5. The van der Waals surface area contributed by atoms with E-state index >= 15 is 0 Å². The number of nitrogens with zero attached hydrogens (tertiary/aromatic N) is 1. The minimum Gasteiger partial charge on any atom is -0.494 e. The Labute approximate surface area is 279 Å². The molecule has 3 N–H and O–H groups in total. The Morgan fingerprint density at radius 2 is 1.67 bits per heavy atom. The third kappa shape index (κ3) is 9.31. The summed E-state index contributed by atoms with van der Waals surface area (Å²) in [5, 5.41) is 11.4. The lowest BCUT2D eigenvalue weighted by atomic mass is 10.1. The first kappa shape index (κ1) is 32.5. The smallest absolute Gasteiger partial charge is 0.272 e. The molecule has 0 radical (unpaired) electrons. The number of ether oxygens (including phenoxy) is 1. The first-order valence-electron chi connectivity index (χ1n) is 14.2. The molecule has 4 aromatic carbocycles. The molecule has 0 aliphatic heterocycles. The molecule has 5 aromatic rings. The van der Waals surface area contributed by atoms with Gasteiger partial charge in [-0.1, -0.05) is 48.0 Å². The quantitative estimate of drug-likeness (QED) is 0.0918. The number of halogens is 1. The Kier molecular flexibility index (Phi) is 11.2. The van der Waals surface area contributed by atoms with Crippen LogP contribution in [0.4, 0.5) is 10.8 Å². The third-order valence-corrected chi connectivity index (χ3v) is 8.39. The van der Waals surface area contributed by atoms with Crippen molar-refractivity contribution >= 4 is 69.3 Å². The number of rotatable bonds is 12. The largest absolute Gasteiger partial charge is 0.494 e. The molecule has 0 atom stereocenters. The fraction of sp³-hybridized carbons (Fsp3) is 0.0857. The van der Waals surface area contributed by atoms with Gasteiger partial charge in [0.15, 0.2) is 5.13 Å². The zero-order valence-electron chi connectivity index (χ0n) is 24.7. The number of anilines is 2. The number of thioether (sulfide) groups is 1. The van der Waals surface area contributed by atoms with Gasteiger partial charge >= 0.3 is 0 Å². The number of carbonyl (C=O) groups excluding carboxylic acids is 3. The van der Waals surface area contributed by atoms with Gasteiger partial charge in [-0.25, -0.2) is 4.98 Å². The van der Waals surface area contributed by atoms with E-state index in [0.717, 1.165) is 21.9 Å². The van der Waals surface area contributed by atoms with Crippen LogP contribution in [0.15, 0.2) is 119 Å². The number of carbonyl (C=O) groups is 3. The average Bonchev–Trinajstić information content (AvgIpc) is 3.54. The predicted octanol–water partition coefficient (Wildman–Crippen LogP) is 8.00. The highest BCUT2D eigenvalue weighted by atomic mass is 35.5. The fourth-order valence-electron chi connectivity index (χ4n) is 4.19. The van der Waals surface area contributed by atoms with Crippen LogP contribution >= 0.6 is 34.7 Å². The number of thiazole rings is 1. The monoisotopic (exact) mass is 668 g/mol. The lowest BCUT2D eigenvalue weighted by molar-refractivity contribution is -0.114. The molecule has 5 rings (SSSR count). The molecule has 0 fully saturated rings. The van der Waals surface area contributed by atoms with Crippen molar-refractivity contribution in [2.24, 2.45) is 0 Å². The Morgan fingerprint density at radius 3 is 2.41 bits per heavy atom. The number of hydrogen-bond donors (Lipinski definition) is 3. The number of nitrogens with one attached hydrogen (secondary N) is 3. The highest BCUT2D eigenvalue weighted by Crippen LogP contribution is 2.27. The number of aromatic nitrogens is 1. The maximum atomic E-state index is 13.4. The minimum atomic E-state index is -0.508. The predicted molar refractivity (Wildman–Crippen MR) is 186 cm³/mol. The Bertz CT molecular complexity index is 1840. The molecular weight excluding hydrogens is 640 g/mol. The Hall–Kier alpha value is -4.90. The topological polar surface area (TPSA) is 109 Å². The number of amides is 3. The summed E-state index contributed by atoms with van der Waals surface area (Å²) in [6.07, 6.45) is 1.58. The van der Waals surface area contributed by atoms with Gasteiger partial charge in [0.1, 0.15) is 11.4 Å². The summed E-state index contributed by atoms with van der Waals surface area (Å²) < 4.78 is 5.49. The lowest BCUT2D eigenvalue weighted by Gasteiger charge is -2.12. The molecule has 8 nitrogen and oxygen atoms in total. The molecule has 0 aliphatic rings. The summed E-state index contributed by atoms with van der Waals surface area (Å²) in [5.41, 5.74) is 3.36. The third-order valence-electron chi connectivity index (χ3n) is 6.38. The van der Waals surface area contributed by atoms with Crippen molar-refractivity contribution in [1.29, 1.82) is 0 Å². The van der Waals surface area contributed by atoms with Gasteiger partial charge in [0.2, 0.25) is 5.91 Å². The van der Waals surface area contributed by atoms with Gasteiger partial charge < -0.3 is 20.7 Å². The van der Waals surface area contributed by atoms with E-state index in [9.17, 15) is 14.4 Å². The summed E-state index contributed by atoms with van der Waals surface area (Å²) >= 11 is 8.69. The molecule has 0 aliphatic carbocycles. The van der Waals surface area contributed by atoms with Crippen molar-refractivity contribution in [2.75, 3.05) is 23.0 Å². The van der Waals surface area contributed by atoms with Crippen molar-refractivity contribution in [3.63, 3.8) is 0 Å². The maximum Gasteiger partial charge on any atom is 0.272 e. The molecule has 0 bridgehead atoms. The summed E-state index contributed by atoms with van der Waals surface area (Å²) in [6.45, 7) is 2.53. The second kappa shape index (κ2) is 15.9. The van der Waals surface area contributed by atoms with E-state index < -0.39 is 11.8 Å². The van der Waals surface area contributed by atoms with E-state index in [-0.39, 0.29) is 17.4 Å². The summed E-state index contributed by atoms with van der Waals surface area (Å²) in [7, 11) is 0. The van der Waals surface area contributed by atoms with Crippen LogP contribution < -0.4 is 20.7 Å². The SMILES string of the molecule is CCOc1ccc(-c2csc(NC(=O)CSc3cccc(NC(=O)/C(=C/c4ccc(Cl)cc4)NC(=O)c4ccccc4)c3)n2)cc1. The fourth-order valence-corrected chi connectivity index (χ4v) is 5.80. The molecule has 0 saturated carbocycles. The van der Waals surface area contributed by atoms with Crippen molar-refractivity contribution in [2.45, 2.75) is 11.8 Å². The molecule has 232 valence electrons. The van der Waals surface area contributed by atoms with E-state index in [4.69, 9.17) is 16.3 Å². The van der Waals surface area contributed by atoms with Crippen molar-refractivity contribution in [3.05, 3.63) is 130 Å². The summed E-state index contributed by atoms with van der Waals surface area (Å²) in [5.74, 6) is -0.196. The van der Waals surface area contributed by atoms with Crippen LogP contribution in [-0.2, 0) is 9.59 Å². The van der Waals surface area contributed by atoms with Crippen LogP contribution in [0.25, 0.3) is 17.3 Å². The highest BCUT2D eigenvalue weighted by Gasteiger charge is 2.16. The van der Waals surface area contributed by atoms with Crippen LogP contribution in [0.3, 0.4) is 0 Å². The van der Waals surface area contributed by atoms with Gasteiger partial charge in [-0.15, -0.1) is 23.1 Å². The van der Waals surface area contributed by atoms with Crippen LogP contribution in [0.5, 0.6) is 5.75 Å². The van der Waals surface area contributed by atoms with Crippen molar-refractivity contribution in [3.8, 4) is 17.0 Å². The molecule has 1 heterocycles. The van der Waals surface area contributed by atoms with Crippen LogP contribution in [0.1, 0.15) is 22.8 Å². The molecule has 46 heavy (non-hydrogen) atoms. The van der Waals surface area contributed by atoms with Crippen molar-refractivity contribution < 1.29 is 19.1 Å². The van der Waals surface area contributed by atoms with Crippen LogP contribution in [-0.4, -0.2) is 35.1 Å². The minimum absolute atomic E-state index is 0.0571. The van der Waals surface area contributed by atoms with E-state index in [1.165, 1.54) is 23.1 Å². The first-order chi connectivity index (χ1) is 22.4. The van der Waals surface area contributed by atoms with E-state index in [0.29, 0.717) is 33.6 Å². The molecule has 3 amide bonds. The molecular formula is C35H29ClN4O4S2. The Morgan fingerprint density at radius 1 is 0.913 bits per heavy atom. The zero-order valence-corrected chi connectivity index (χ0v) is 27.0. The highest BCUT2D eigenvalue weighted by molar-refractivity contribution is 8.00. The number of hydrogen-bond acceptors (Lipinski definition) is 7. The number of benzene rings is 4. The second-order valence-electron chi connectivity index (χ2n) is 9.74. The molecule has 0 unspecified atom stereocenters. The average molecular weight is 669 g/mol. The van der Waals surface area contributed by atoms with Gasteiger partial charge in [0.25, 0.3) is 11.8 Å². The van der Waals surface area contributed by atoms with E-state index in [1.807, 2.05) is 48.7 Å². The van der Waals surface area contributed by atoms with E-state index in [1.54, 1.807) is 72.8 Å². The van der Waals surface area contributed by atoms with Crippen molar-refractivity contribution in [1.82, 2.24) is 10.3 Å². The van der Waals surface area contributed by atoms with E-state index in [2.05, 4.69) is 20.9 Å². The van der Waals surface area contributed by atoms with Gasteiger partial charge in [-0.2, -0.15) is 0 Å². The molecule has 11 heteroatoms. The molecule has 0 saturated heterocycles. The van der Waals surface area contributed by atoms with Gasteiger partial charge in [0, 0.05) is 32.1 Å². The van der Waals surface area contributed by atoms with Gasteiger partial charge in [-0.3, -0.25) is 14.4 Å². The van der Waals surface area contributed by atoms with Crippen LogP contribution in [0, 0.1) is 0 Å². The standard InChI is InChI=1S/C35H29ClN4O4S2/c1-2-44-28-17-13-24(14-18-28)31-21-46-35(39-31)40-32(41)22-45-29-10-6-9-27(20-29)37-34(43)30(19-23-11-15-26(36)16-12-23)38-33(42)25-7-4-3-5-8-25/h3-21H,2,22H2,1H3,(H,37,43)(H,38,42)(H,39,40,41)/b30-19-. The summed E-state index contributed by atoms with van der Waals surface area (Å²) in [6, 6.07) is 30.3. The molecule has 0 spiro atoms. The van der Waals surface area contributed by atoms with Gasteiger partial charge in [-0.05, 0) is 85.3 Å². The normalized spacial score (nSPS) is 11.0. The van der Waals surface area contributed by atoms with Crippen LogP contribution in [0.2, 0.25) is 5.02 Å².